The van der Waals surface area contributed by atoms with Gasteiger partial charge in [0.05, 0.1) is 6.10 Å². The third kappa shape index (κ3) is 4.18. The Kier molecular flexibility index (Phi) is 5.65. The van der Waals surface area contributed by atoms with E-state index in [0.29, 0.717) is 18.1 Å². The van der Waals surface area contributed by atoms with Gasteiger partial charge in [-0.2, -0.15) is 0 Å². The van der Waals surface area contributed by atoms with Gasteiger partial charge in [-0.3, -0.25) is 0 Å². The SMILES string of the molecule is NCCCNCC(O)c1ccccc1Cl. The highest BCUT2D eigenvalue weighted by atomic mass is 35.5. The predicted octanol–water partition coefficient (Wildman–Crippen LogP) is 1.31. The number of hydrogen-bond acceptors (Lipinski definition) is 3. The molecule has 0 aromatic heterocycles. The molecule has 0 radical (unpaired) electrons. The Morgan fingerprint density at radius 2 is 2.13 bits per heavy atom. The van der Waals surface area contributed by atoms with Gasteiger partial charge in [-0.1, -0.05) is 29.8 Å². The molecule has 1 unspecified atom stereocenters. The van der Waals surface area contributed by atoms with Crippen molar-refractivity contribution in [2.75, 3.05) is 19.6 Å². The molecular weight excluding hydrogens is 212 g/mol. The van der Waals surface area contributed by atoms with Crippen molar-refractivity contribution in [2.24, 2.45) is 5.73 Å². The summed E-state index contributed by atoms with van der Waals surface area (Å²) in [7, 11) is 0. The third-order valence-electron chi connectivity index (χ3n) is 2.16. The molecule has 1 rings (SSSR count). The first-order valence-electron chi connectivity index (χ1n) is 5.09. The van der Waals surface area contributed by atoms with Gasteiger partial charge in [0.15, 0.2) is 0 Å². The van der Waals surface area contributed by atoms with Crippen LogP contribution in [0.5, 0.6) is 0 Å². The molecule has 0 fully saturated rings. The number of hydrogen-bond donors (Lipinski definition) is 3. The highest BCUT2D eigenvalue weighted by molar-refractivity contribution is 6.31. The largest absolute Gasteiger partial charge is 0.387 e. The van der Waals surface area contributed by atoms with Gasteiger partial charge in [0.1, 0.15) is 0 Å². The van der Waals surface area contributed by atoms with Crippen LogP contribution in [0.25, 0.3) is 0 Å². The highest BCUT2D eigenvalue weighted by Crippen LogP contribution is 2.21. The topological polar surface area (TPSA) is 58.3 Å². The van der Waals surface area contributed by atoms with E-state index in [1.165, 1.54) is 0 Å². The zero-order chi connectivity index (χ0) is 11.1. The lowest BCUT2D eigenvalue weighted by Gasteiger charge is -2.13. The zero-order valence-corrected chi connectivity index (χ0v) is 9.37. The van der Waals surface area contributed by atoms with Gasteiger partial charge in [-0.25, -0.2) is 0 Å². The number of aliphatic hydroxyl groups excluding tert-OH is 1. The van der Waals surface area contributed by atoms with Crippen molar-refractivity contribution in [3.63, 3.8) is 0 Å². The molecule has 0 spiro atoms. The van der Waals surface area contributed by atoms with Gasteiger partial charge in [-0.15, -0.1) is 0 Å². The van der Waals surface area contributed by atoms with E-state index in [1.54, 1.807) is 6.07 Å². The molecule has 0 saturated heterocycles. The van der Waals surface area contributed by atoms with E-state index in [9.17, 15) is 5.11 Å². The minimum absolute atomic E-state index is 0.504. The van der Waals surface area contributed by atoms with E-state index in [0.717, 1.165) is 18.5 Å². The molecule has 1 aromatic rings. The van der Waals surface area contributed by atoms with Crippen LogP contribution < -0.4 is 11.1 Å². The number of halogens is 1. The van der Waals surface area contributed by atoms with Crippen molar-refractivity contribution < 1.29 is 5.11 Å². The van der Waals surface area contributed by atoms with Crippen LogP contribution in [-0.2, 0) is 0 Å². The second-order valence-corrected chi connectivity index (χ2v) is 3.79. The Bertz CT molecular complexity index is 294. The molecular formula is C11H17ClN2O. The van der Waals surface area contributed by atoms with E-state index in [2.05, 4.69) is 5.32 Å². The van der Waals surface area contributed by atoms with E-state index < -0.39 is 6.10 Å². The first-order chi connectivity index (χ1) is 7.25. The maximum Gasteiger partial charge on any atom is 0.0928 e. The van der Waals surface area contributed by atoms with Gasteiger partial charge < -0.3 is 16.2 Å². The fourth-order valence-electron chi connectivity index (χ4n) is 1.32. The van der Waals surface area contributed by atoms with Gasteiger partial charge >= 0.3 is 0 Å². The van der Waals surface area contributed by atoms with E-state index >= 15 is 0 Å². The average molecular weight is 229 g/mol. The maximum absolute atomic E-state index is 9.82. The van der Waals surface area contributed by atoms with Crippen LogP contribution in [-0.4, -0.2) is 24.7 Å². The van der Waals surface area contributed by atoms with Crippen LogP contribution in [0.15, 0.2) is 24.3 Å². The molecule has 3 nitrogen and oxygen atoms in total. The monoisotopic (exact) mass is 228 g/mol. The second-order valence-electron chi connectivity index (χ2n) is 3.38. The number of rotatable bonds is 6. The molecule has 1 atom stereocenters. The quantitative estimate of drug-likeness (QED) is 0.644. The number of aliphatic hydroxyl groups is 1. The molecule has 0 saturated carbocycles. The summed E-state index contributed by atoms with van der Waals surface area (Å²) in [4.78, 5) is 0. The van der Waals surface area contributed by atoms with Gasteiger partial charge in [0.25, 0.3) is 0 Å². The molecule has 0 aliphatic heterocycles. The molecule has 0 bridgehead atoms. The maximum atomic E-state index is 9.82. The summed E-state index contributed by atoms with van der Waals surface area (Å²) in [5.41, 5.74) is 6.12. The van der Waals surface area contributed by atoms with Crippen LogP contribution in [0.4, 0.5) is 0 Å². The molecule has 4 heteroatoms. The molecule has 4 N–H and O–H groups in total. The van der Waals surface area contributed by atoms with Crippen LogP contribution in [0.3, 0.4) is 0 Å². The smallest absolute Gasteiger partial charge is 0.0928 e. The highest BCUT2D eigenvalue weighted by Gasteiger charge is 2.09. The van der Waals surface area contributed by atoms with Gasteiger partial charge in [0, 0.05) is 17.1 Å². The van der Waals surface area contributed by atoms with Gasteiger partial charge in [0.2, 0.25) is 0 Å². The normalized spacial score (nSPS) is 12.7. The van der Waals surface area contributed by atoms with Crippen molar-refractivity contribution in [3.05, 3.63) is 34.9 Å². The molecule has 0 aliphatic carbocycles. The minimum atomic E-state index is -0.559. The molecule has 0 heterocycles. The van der Waals surface area contributed by atoms with E-state index in [1.807, 2.05) is 18.2 Å². The Morgan fingerprint density at radius 1 is 1.40 bits per heavy atom. The summed E-state index contributed by atoms with van der Waals surface area (Å²) in [6.45, 7) is 1.98. The molecule has 0 amide bonds. The lowest BCUT2D eigenvalue weighted by Crippen LogP contribution is -2.24. The fraction of sp³-hybridized carbons (Fsp3) is 0.455. The van der Waals surface area contributed by atoms with Crippen molar-refractivity contribution in [3.8, 4) is 0 Å². The van der Waals surface area contributed by atoms with Crippen molar-refractivity contribution in [1.29, 1.82) is 0 Å². The van der Waals surface area contributed by atoms with Crippen molar-refractivity contribution in [1.82, 2.24) is 5.32 Å². The first kappa shape index (κ1) is 12.5. The summed E-state index contributed by atoms with van der Waals surface area (Å²) >= 11 is 5.95. The Labute approximate surface area is 95.2 Å². The summed E-state index contributed by atoms with van der Waals surface area (Å²) < 4.78 is 0. The Balaban J connectivity index is 2.40. The summed E-state index contributed by atoms with van der Waals surface area (Å²) in [5, 5.41) is 13.5. The Morgan fingerprint density at radius 3 is 2.80 bits per heavy atom. The summed E-state index contributed by atoms with van der Waals surface area (Å²) in [5.74, 6) is 0. The molecule has 1 aromatic carbocycles. The number of nitrogens with two attached hydrogens (primary N) is 1. The van der Waals surface area contributed by atoms with Gasteiger partial charge in [-0.05, 0) is 25.6 Å². The summed E-state index contributed by atoms with van der Waals surface area (Å²) in [6.07, 6.45) is 0.353. The lowest BCUT2D eigenvalue weighted by atomic mass is 10.1. The van der Waals surface area contributed by atoms with E-state index in [-0.39, 0.29) is 0 Å². The van der Waals surface area contributed by atoms with Crippen LogP contribution in [0.2, 0.25) is 5.02 Å². The van der Waals surface area contributed by atoms with Crippen molar-refractivity contribution in [2.45, 2.75) is 12.5 Å². The number of benzene rings is 1. The van der Waals surface area contributed by atoms with Crippen LogP contribution >= 0.6 is 11.6 Å². The third-order valence-corrected chi connectivity index (χ3v) is 2.50. The van der Waals surface area contributed by atoms with Crippen molar-refractivity contribution >= 4 is 11.6 Å². The minimum Gasteiger partial charge on any atom is -0.387 e. The summed E-state index contributed by atoms with van der Waals surface area (Å²) in [6, 6.07) is 7.32. The lowest BCUT2D eigenvalue weighted by molar-refractivity contribution is 0.175. The average Bonchev–Trinajstić information content (AvgIpc) is 2.25. The molecule has 0 aliphatic rings. The standard InChI is InChI=1S/C11H17ClN2O/c12-10-5-2-1-4-9(10)11(15)8-14-7-3-6-13/h1-2,4-5,11,14-15H,3,6-8,13H2. The van der Waals surface area contributed by atoms with Crippen LogP contribution in [0.1, 0.15) is 18.1 Å². The fourth-order valence-corrected chi connectivity index (χ4v) is 1.58. The van der Waals surface area contributed by atoms with E-state index in [4.69, 9.17) is 17.3 Å². The predicted molar refractivity (Wildman–Crippen MR) is 63.0 cm³/mol. The second kappa shape index (κ2) is 6.80. The molecule has 15 heavy (non-hydrogen) atoms. The molecule has 84 valence electrons. The number of nitrogens with one attached hydrogen (secondary N) is 1. The zero-order valence-electron chi connectivity index (χ0n) is 8.62. The van der Waals surface area contributed by atoms with Crippen LogP contribution in [0, 0.1) is 0 Å². The Hall–Kier alpha value is -0.610. The first-order valence-corrected chi connectivity index (χ1v) is 5.46.